The van der Waals surface area contributed by atoms with Crippen LogP contribution >= 0.6 is 35.7 Å². The summed E-state index contributed by atoms with van der Waals surface area (Å²) in [6.07, 6.45) is 2.31. The first-order chi connectivity index (χ1) is 12.1. The summed E-state index contributed by atoms with van der Waals surface area (Å²) in [5.74, 6) is 2.37. The van der Waals surface area contributed by atoms with E-state index in [0.29, 0.717) is 17.8 Å². The number of hydrogen-bond donors (Lipinski definition) is 2. The summed E-state index contributed by atoms with van der Waals surface area (Å²) >= 11 is 1.73. The molecule has 1 aromatic carbocycles. The van der Waals surface area contributed by atoms with Gasteiger partial charge in [-0.3, -0.25) is 4.99 Å². The van der Waals surface area contributed by atoms with Gasteiger partial charge in [0.05, 0.1) is 0 Å². The van der Waals surface area contributed by atoms with Gasteiger partial charge in [0.15, 0.2) is 5.96 Å². The van der Waals surface area contributed by atoms with Crippen LogP contribution in [0.15, 0.2) is 29.3 Å². The second kappa shape index (κ2) is 12.8. The summed E-state index contributed by atoms with van der Waals surface area (Å²) < 4.78 is 13.6. The van der Waals surface area contributed by atoms with Crippen molar-refractivity contribution in [3.63, 3.8) is 0 Å². The monoisotopic (exact) mass is 494 g/mol. The number of rotatable bonds is 7. The molecule has 0 radical (unpaired) electrons. The summed E-state index contributed by atoms with van der Waals surface area (Å²) in [7, 11) is 1.81. The van der Waals surface area contributed by atoms with E-state index in [1.54, 1.807) is 17.8 Å². The van der Waals surface area contributed by atoms with Crippen LogP contribution in [0.4, 0.5) is 4.39 Å². The predicted molar refractivity (Wildman–Crippen MR) is 122 cm³/mol. The molecule has 0 amide bonds. The Kier molecular flexibility index (Phi) is 11.5. The van der Waals surface area contributed by atoms with E-state index in [1.165, 1.54) is 6.07 Å². The van der Waals surface area contributed by atoms with E-state index >= 15 is 0 Å². The number of thioether (sulfide) groups is 1. The molecule has 2 rings (SSSR count). The second-order valence-corrected chi connectivity index (χ2v) is 7.80. The van der Waals surface area contributed by atoms with E-state index < -0.39 is 0 Å². The number of piperidine rings is 1. The molecule has 1 aliphatic rings. The minimum atomic E-state index is -0.117. The van der Waals surface area contributed by atoms with Crippen molar-refractivity contribution in [3.8, 4) is 0 Å². The maximum atomic E-state index is 13.6. The van der Waals surface area contributed by atoms with Crippen molar-refractivity contribution in [2.75, 3.05) is 32.4 Å². The molecule has 0 bridgehead atoms. The number of likely N-dealkylation sites (tertiary alicyclic amines) is 1. The zero-order valence-electron chi connectivity index (χ0n) is 16.0. The summed E-state index contributed by atoms with van der Waals surface area (Å²) in [6, 6.07) is 8.10. The topological polar surface area (TPSA) is 39.7 Å². The fraction of sp³-hybridized carbons (Fsp3) is 0.632. The Morgan fingerprint density at radius 3 is 2.62 bits per heavy atom. The highest BCUT2D eigenvalue weighted by Gasteiger charge is 2.21. The molecule has 0 atom stereocenters. The quantitative estimate of drug-likeness (QED) is 0.263. The van der Waals surface area contributed by atoms with Crippen LogP contribution in [-0.2, 0) is 5.75 Å². The molecule has 148 valence electrons. The molecule has 1 aromatic rings. The number of halogens is 2. The van der Waals surface area contributed by atoms with Gasteiger partial charge in [-0.05, 0) is 38.3 Å². The molecule has 0 saturated carbocycles. The predicted octanol–water partition coefficient (Wildman–Crippen LogP) is 3.71. The van der Waals surface area contributed by atoms with Crippen molar-refractivity contribution in [1.82, 2.24) is 15.5 Å². The number of nitrogens with one attached hydrogen (secondary N) is 2. The fourth-order valence-corrected chi connectivity index (χ4v) is 3.83. The molecule has 0 aromatic heterocycles. The molecule has 4 nitrogen and oxygen atoms in total. The average Bonchev–Trinajstić information content (AvgIpc) is 2.62. The minimum Gasteiger partial charge on any atom is -0.356 e. The van der Waals surface area contributed by atoms with Gasteiger partial charge in [-0.1, -0.05) is 18.2 Å². The van der Waals surface area contributed by atoms with Crippen molar-refractivity contribution < 1.29 is 4.39 Å². The zero-order chi connectivity index (χ0) is 18.1. The van der Waals surface area contributed by atoms with E-state index in [9.17, 15) is 4.39 Å². The summed E-state index contributed by atoms with van der Waals surface area (Å²) in [6.45, 7) is 7.62. The molecule has 0 aliphatic carbocycles. The van der Waals surface area contributed by atoms with Crippen molar-refractivity contribution in [3.05, 3.63) is 35.6 Å². The fourth-order valence-electron chi connectivity index (χ4n) is 2.99. The summed E-state index contributed by atoms with van der Waals surface area (Å²) in [5.41, 5.74) is 0.770. The first-order valence-electron chi connectivity index (χ1n) is 9.12. The largest absolute Gasteiger partial charge is 0.356 e. The van der Waals surface area contributed by atoms with Crippen molar-refractivity contribution in [1.29, 1.82) is 0 Å². The number of nitrogens with zero attached hydrogens (tertiary/aromatic N) is 2. The Morgan fingerprint density at radius 1 is 1.31 bits per heavy atom. The van der Waals surface area contributed by atoms with Gasteiger partial charge in [0.25, 0.3) is 0 Å². The van der Waals surface area contributed by atoms with Gasteiger partial charge < -0.3 is 15.5 Å². The Hall–Kier alpha value is -0.540. The molecule has 0 spiro atoms. The van der Waals surface area contributed by atoms with E-state index in [1.807, 2.05) is 19.2 Å². The normalized spacial score (nSPS) is 16.4. The maximum absolute atomic E-state index is 13.6. The Balaban J connectivity index is 0.00000338. The zero-order valence-corrected chi connectivity index (χ0v) is 19.1. The van der Waals surface area contributed by atoms with Crippen LogP contribution in [0.1, 0.15) is 32.3 Å². The number of benzene rings is 1. The molecule has 1 aliphatic heterocycles. The second-order valence-electron chi connectivity index (χ2n) is 6.69. The van der Waals surface area contributed by atoms with Gasteiger partial charge in [0.2, 0.25) is 0 Å². The Bertz CT molecular complexity index is 548. The average molecular weight is 494 g/mol. The molecular weight excluding hydrogens is 462 g/mol. The van der Waals surface area contributed by atoms with Crippen LogP contribution in [0.2, 0.25) is 0 Å². The van der Waals surface area contributed by atoms with Crippen LogP contribution in [0, 0.1) is 5.82 Å². The van der Waals surface area contributed by atoms with Crippen LogP contribution in [0.3, 0.4) is 0 Å². The van der Waals surface area contributed by atoms with Crippen molar-refractivity contribution in [2.24, 2.45) is 4.99 Å². The van der Waals surface area contributed by atoms with Crippen LogP contribution in [-0.4, -0.2) is 55.4 Å². The molecule has 1 heterocycles. The lowest BCUT2D eigenvalue weighted by Crippen LogP contribution is -2.50. The lowest BCUT2D eigenvalue weighted by atomic mass is 10.0. The first-order valence-corrected chi connectivity index (χ1v) is 10.3. The molecule has 2 N–H and O–H groups in total. The summed E-state index contributed by atoms with van der Waals surface area (Å²) in [4.78, 5) is 6.84. The lowest BCUT2D eigenvalue weighted by molar-refractivity contribution is 0.167. The van der Waals surface area contributed by atoms with Gasteiger partial charge in [-0.2, -0.15) is 11.8 Å². The SMILES string of the molecule is CN=C(NCCSCc1ccccc1F)NC1CCN(C(C)C)CC1.I. The summed E-state index contributed by atoms with van der Waals surface area (Å²) in [5, 5.41) is 6.89. The van der Waals surface area contributed by atoms with Gasteiger partial charge >= 0.3 is 0 Å². The Labute approximate surface area is 178 Å². The van der Waals surface area contributed by atoms with Gasteiger partial charge in [0.1, 0.15) is 5.82 Å². The van der Waals surface area contributed by atoms with Crippen LogP contribution in [0.5, 0.6) is 0 Å². The van der Waals surface area contributed by atoms with Crippen molar-refractivity contribution in [2.45, 2.75) is 44.5 Å². The van der Waals surface area contributed by atoms with E-state index in [0.717, 1.165) is 49.8 Å². The molecule has 1 saturated heterocycles. The maximum Gasteiger partial charge on any atom is 0.191 e. The van der Waals surface area contributed by atoms with Gasteiger partial charge in [0, 0.05) is 50.3 Å². The Morgan fingerprint density at radius 2 is 2.00 bits per heavy atom. The number of hydrogen-bond acceptors (Lipinski definition) is 3. The van der Waals surface area contributed by atoms with Crippen LogP contribution < -0.4 is 10.6 Å². The molecular formula is C19H32FIN4S. The highest BCUT2D eigenvalue weighted by Crippen LogP contribution is 2.15. The van der Waals surface area contributed by atoms with E-state index in [-0.39, 0.29) is 29.8 Å². The third-order valence-electron chi connectivity index (χ3n) is 4.58. The molecule has 7 heteroatoms. The van der Waals surface area contributed by atoms with Gasteiger partial charge in [-0.15, -0.1) is 24.0 Å². The van der Waals surface area contributed by atoms with E-state index in [2.05, 4.69) is 34.4 Å². The molecule has 26 heavy (non-hydrogen) atoms. The highest BCUT2D eigenvalue weighted by molar-refractivity contribution is 14.0. The molecule has 0 unspecified atom stereocenters. The van der Waals surface area contributed by atoms with E-state index in [4.69, 9.17) is 0 Å². The number of guanidine groups is 1. The third kappa shape index (κ3) is 8.00. The van der Waals surface area contributed by atoms with Crippen molar-refractivity contribution >= 4 is 41.7 Å². The molecule has 1 fully saturated rings. The standard InChI is InChI=1S/C19H31FN4S.HI/c1-15(2)24-11-8-17(9-12-24)23-19(21-3)22-10-13-25-14-16-6-4-5-7-18(16)20;/h4-7,15,17H,8-14H2,1-3H3,(H2,21,22,23);1H. The lowest BCUT2D eigenvalue weighted by Gasteiger charge is -2.35. The highest BCUT2D eigenvalue weighted by atomic mass is 127. The van der Waals surface area contributed by atoms with Crippen LogP contribution in [0.25, 0.3) is 0 Å². The third-order valence-corrected chi connectivity index (χ3v) is 5.59. The smallest absolute Gasteiger partial charge is 0.191 e. The van der Waals surface area contributed by atoms with Gasteiger partial charge in [-0.25, -0.2) is 4.39 Å². The number of aliphatic imine (C=N–C) groups is 1. The minimum absolute atomic E-state index is 0. The first kappa shape index (κ1) is 23.5.